The molecule has 1 heterocycles. The molecule has 1 aromatic rings. The topological polar surface area (TPSA) is 65.5 Å². The molecule has 1 aromatic carbocycles. The minimum Gasteiger partial charge on any atom is -0.357 e. The molecule has 0 saturated heterocycles. The monoisotopic (exact) mass is 334 g/mol. The fourth-order valence-corrected chi connectivity index (χ4v) is 2.76. The van der Waals surface area contributed by atoms with Crippen molar-refractivity contribution in [2.24, 2.45) is 4.99 Å². The van der Waals surface area contributed by atoms with Crippen LogP contribution >= 0.6 is 11.8 Å². The SMILES string of the molecule is CCNC(=NCC(C)SC)NCC1CC(=O)Nc2ccccc21. The molecule has 2 atom stereocenters. The molecule has 0 spiro atoms. The highest BCUT2D eigenvalue weighted by molar-refractivity contribution is 7.99. The van der Waals surface area contributed by atoms with E-state index >= 15 is 0 Å². The molecule has 1 aliphatic rings. The van der Waals surface area contributed by atoms with E-state index in [-0.39, 0.29) is 11.8 Å². The number of para-hydroxylation sites is 1. The lowest BCUT2D eigenvalue weighted by Gasteiger charge is -2.26. The van der Waals surface area contributed by atoms with Gasteiger partial charge in [0.05, 0.1) is 6.54 Å². The Hall–Kier alpha value is -1.69. The molecule has 23 heavy (non-hydrogen) atoms. The molecule has 0 saturated carbocycles. The van der Waals surface area contributed by atoms with Crippen molar-refractivity contribution in [3.8, 4) is 0 Å². The number of amides is 1. The second-order valence-corrected chi connectivity index (χ2v) is 6.96. The number of fused-ring (bicyclic) bond motifs is 1. The number of aliphatic imine (C=N–C) groups is 1. The second kappa shape index (κ2) is 8.82. The van der Waals surface area contributed by atoms with Gasteiger partial charge in [0.1, 0.15) is 0 Å². The van der Waals surface area contributed by atoms with E-state index in [0.29, 0.717) is 18.2 Å². The number of hydrogen-bond acceptors (Lipinski definition) is 3. The zero-order chi connectivity index (χ0) is 16.7. The fourth-order valence-electron chi connectivity index (χ4n) is 2.54. The summed E-state index contributed by atoms with van der Waals surface area (Å²) < 4.78 is 0. The van der Waals surface area contributed by atoms with Crippen molar-refractivity contribution in [1.29, 1.82) is 0 Å². The molecule has 1 amide bonds. The van der Waals surface area contributed by atoms with Gasteiger partial charge in [-0.15, -0.1) is 0 Å². The quantitative estimate of drug-likeness (QED) is 0.552. The van der Waals surface area contributed by atoms with Gasteiger partial charge in [-0.05, 0) is 24.8 Å². The van der Waals surface area contributed by atoms with Crippen LogP contribution in [-0.4, -0.2) is 43.0 Å². The van der Waals surface area contributed by atoms with Crippen LogP contribution in [0.15, 0.2) is 29.3 Å². The predicted octanol–water partition coefficient (Wildman–Crippen LogP) is 2.42. The molecule has 1 aliphatic heterocycles. The molecule has 3 N–H and O–H groups in total. The Morgan fingerprint density at radius 1 is 1.43 bits per heavy atom. The molecular weight excluding hydrogens is 308 g/mol. The maximum Gasteiger partial charge on any atom is 0.225 e. The standard InChI is InChI=1S/C17H26N4OS/c1-4-18-17(19-10-12(2)23-3)20-11-13-9-16(22)21-15-8-6-5-7-14(13)15/h5-8,12-13H,4,9-11H2,1-3H3,(H,21,22)(H2,18,19,20). The smallest absolute Gasteiger partial charge is 0.225 e. The van der Waals surface area contributed by atoms with Gasteiger partial charge in [-0.1, -0.05) is 25.1 Å². The lowest BCUT2D eigenvalue weighted by Crippen LogP contribution is -2.41. The Labute approximate surface area is 142 Å². The lowest BCUT2D eigenvalue weighted by atomic mass is 9.90. The predicted molar refractivity (Wildman–Crippen MR) is 99.4 cm³/mol. The van der Waals surface area contributed by atoms with Crippen LogP contribution in [0, 0.1) is 0 Å². The number of carbonyl (C=O) groups is 1. The summed E-state index contributed by atoms with van der Waals surface area (Å²) in [4.78, 5) is 16.5. The first-order chi connectivity index (χ1) is 11.1. The third-order valence-electron chi connectivity index (χ3n) is 3.88. The number of rotatable bonds is 6. The summed E-state index contributed by atoms with van der Waals surface area (Å²) in [6.07, 6.45) is 2.60. The first-order valence-electron chi connectivity index (χ1n) is 8.07. The first kappa shape index (κ1) is 17.7. The van der Waals surface area contributed by atoms with E-state index in [1.807, 2.05) is 18.2 Å². The van der Waals surface area contributed by atoms with Crippen LogP contribution in [0.1, 0.15) is 31.7 Å². The van der Waals surface area contributed by atoms with Crippen LogP contribution < -0.4 is 16.0 Å². The maximum absolute atomic E-state index is 11.9. The average molecular weight is 334 g/mol. The van der Waals surface area contributed by atoms with Crippen molar-refractivity contribution in [3.63, 3.8) is 0 Å². The lowest BCUT2D eigenvalue weighted by molar-refractivity contribution is -0.116. The van der Waals surface area contributed by atoms with E-state index in [9.17, 15) is 4.79 Å². The summed E-state index contributed by atoms with van der Waals surface area (Å²) in [7, 11) is 0. The van der Waals surface area contributed by atoms with Crippen molar-refractivity contribution >= 4 is 29.3 Å². The van der Waals surface area contributed by atoms with Crippen LogP contribution in [0.25, 0.3) is 0 Å². The molecule has 0 aliphatic carbocycles. The van der Waals surface area contributed by atoms with Gasteiger partial charge in [-0.3, -0.25) is 9.79 Å². The zero-order valence-electron chi connectivity index (χ0n) is 14.1. The molecule has 0 fully saturated rings. The van der Waals surface area contributed by atoms with E-state index in [1.165, 1.54) is 5.56 Å². The van der Waals surface area contributed by atoms with Gasteiger partial charge in [-0.25, -0.2) is 0 Å². The number of carbonyl (C=O) groups excluding carboxylic acids is 1. The average Bonchev–Trinajstić information content (AvgIpc) is 2.56. The number of guanidine groups is 1. The van der Waals surface area contributed by atoms with Crippen LogP contribution in [0.5, 0.6) is 0 Å². The van der Waals surface area contributed by atoms with Crippen LogP contribution in [-0.2, 0) is 4.79 Å². The van der Waals surface area contributed by atoms with E-state index in [2.05, 4.69) is 47.1 Å². The summed E-state index contributed by atoms with van der Waals surface area (Å²) in [6.45, 7) is 6.52. The number of benzene rings is 1. The summed E-state index contributed by atoms with van der Waals surface area (Å²) in [5, 5.41) is 10.1. The molecular formula is C17H26N4OS. The van der Waals surface area contributed by atoms with Crippen molar-refractivity contribution in [3.05, 3.63) is 29.8 Å². The number of thioether (sulfide) groups is 1. The molecule has 0 bridgehead atoms. The zero-order valence-corrected chi connectivity index (χ0v) is 14.9. The second-order valence-electron chi connectivity index (χ2n) is 5.68. The number of nitrogens with zero attached hydrogens (tertiary/aromatic N) is 1. The largest absolute Gasteiger partial charge is 0.357 e. The summed E-state index contributed by atoms with van der Waals surface area (Å²) in [5.74, 6) is 1.06. The van der Waals surface area contributed by atoms with Crippen LogP contribution in [0.2, 0.25) is 0 Å². The van der Waals surface area contributed by atoms with Gasteiger partial charge in [0, 0.05) is 36.4 Å². The molecule has 5 nitrogen and oxygen atoms in total. The van der Waals surface area contributed by atoms with Crippen LogP contribution in [0.3, 0.4) is 0 Å². The van der Waals surface area contributed by atoms with E-state index in [1.54, 1.807) is 11.8 Å². The third kappa shape index (κ3) is 5.16. The number of anilines is 1. The van der Waals surface area contributed by atoms with Gasteiger partial charge in [0.15, 0.2) is 5.96 Å². The molecule has 2 rings (SSSR count). The maximum atomic E-state index is 11.9. The van der Waals surface area contributed by atoms with Gasteiger partial charge in [-0.2, -0.15) is 11.8 Å². The molecule has 0 radical (unpaired) electrons. The van der Waals surface area contributed by atoms with Gasteiger partial charge in [0.2, 0.25) is 5.91 Å². The highest BCUT2D eigenvalue weighted by Gasteiger charge is 2.24. The van der Waals surface area contributed by atoms with E-state index in [0.717, 1.165) is 24.7 Å². The summed E-state index contributed by atoms with van der Waals surface area (Å²) in [6, 6.07) is 8.01. The highest BCUT2D eigenvalue weighted by atomic mass is 32.2. The Balaban J connectivity index is 2.01. The normalized spacial score (nSPS) is 18.8. The molecule has 126 valence electrons. The van der Waals surface area contributed by atoms with Crippen molar-refractivity contribution < 1.29 is 4.79 Å². The highest BCUT2D eigenvalue weighted by Crippen LogP contribution is 2.31. The van der Waals surface area contributed by atoms with Gasteiger partial charge in [0.25, 0.3) is 0 Å². The van der Waals surface area contributed by atoms with Crippen molar-refractivity contribution in [2.45, 2.75) is 31.4 Å². The van der Waals surface area contributed by atoms with Crippen molar-refractivity contribution in [2.75, 3.05) is 31.2 Å². The minimum atomic E-state index is 0.0773. The first-order valence-corrected chi connectivity index (χ1v) is 9.36. The Morgan fingerprint density at radius 3 is 2.96 bits per heavy atom. The Kier molecular flexibility index (Phi) is 6.77. The van der Waals surface area contributed by atoms with Gasteiger partial charge >= 0.3 is 0 Å². The summed E-state index contributed by atoms with van der Waals surface area (Å²) >= 11 is 1.81. The van der Waals surface area contributed by atoms with Gasteiger partial charge < -0.3 is 16.0 Å². The number of hydrogen-bond donors (Lipinski definition) is 3. The molecule has 0 aromatic heterocycles. The van der Waals surface area contributed by atoms with Crippen molar-refractivity contribution in [1.82, 2.24) is 10.6 Å². The van der Waals surface area contributed by atoms with E-state index in [4.69, 9.17) is 0 Å². The Bertz CT molecular complexity index is 561. The molecule has 2 unspecified atom stereocenters. The van der Waals surface area contributed by atoms with E-state index < -0.39 is 0 Å². The van der Waals surface area contributed by atoms with Crippen LogP contribution in [0.4, 0.5) is 5.69 Å². The minimum absolute atomic E-state index is 0.0773. The number of nitrogens with one attached hydrogen (secondary N) is 3. The fraction of sp³-hybridized carbons (Fsp3) is 0.529. The molecule has 6 heteroatoms. The third-order valence-corrected chi connectivity index (χ3v) is 4.83. The Morgan fingerprint density at radius 2 is 2.22 bits per heavy atom. The summed E-state index contributed by atoms with van der Waals surface area (Å²) in [5.41, 5.74) is 2.11.